The largest absolute Gasteiger partial charge is 0.481 e. The molecule has 1 heterocycles. The zero-order chi connectivity index (χ0) is 10.7. The molecule has 15 heavy (non-hydrogen) atoms. The monoisotopic (exact) mass is 205 g/mol. The molecule has 0 unspecified atom stereocenters. The number of aliphatic carboxylic acids is 1. The van der Waals surface area contributed by atoms with Crippen LogP contribution in [0, 0.1) is 0 Å². The fourth-order valence-electron chi connectivity index (χ4n) is 2.01. The van der Waals surface area contributed by atoms with Gasteiger partial charge in [0.05, 0.1) is 6.42 Å². The third-order valence-electron chi connectivity index (χ3n) is 2.80. The zero-order valence-corrected chi connectivity index (χ0v) is 8.57. The third-order valence-corrected chi connectivity index (χ3v) is 2.80. The van der Waals surface area contributed by atoms with Crippen molar-refractivity contribution in [3.63, 3.8) is 0 Å². The molecule has 2 rings (SSSR count). The highest BCUT2D eigenvalue weighted by Crippen LogP contribution is 2.23. The van der Waals surface area contributed by atoms with Crippen molar-refractivity contribution in [1.29, 1.82) is 0 Å². The summed E-state index contributed by atoms with van der Waals surface area (Å²) in [7, 11) is 0. The molecule has 1 aliphatic rings. The average Bonchev–Trinajstić information content (AvgIpc) is 2.71. The normalized spacial score (nSPS) is 20.4. The second-order valence-electron chi connectivity index (χ2n) is 3.96. The maximum absolute atomic E-state index is 10.5. The maximum Gasteiger partial charge on any atom is 0.307 e. The van der Waals surface area contributed by atoms with Gasteiger partial charge in [0.25, 0.3) is 0 Å². The molecule has 1 aromatic rings. The highest BCUT2D eigenvalue weighted by atomic mass is 16.4. The van der Waals surface area contributed by atoms with Crippen molar-refractivity contribution in [3.8, 4) is 0 Å². The van der Waals surface area contributed by atoms with Crippen LogP contribution in [0.2, 0.25) is 0 Å². The molecule has 80 valence electrons. The van der Waals surface area contributed by atoms with Crippen molar-refractivity contribution in [1.82, 2.24) is 5.32 Å². The van der Waals surface area contributed by atoms with E-state index < -0.39 is 5.97 Å². The highest BCUT2D eigenvalue weighted by molar-refractivity contribution is 5.70. The molecule has 1 aliphatic heterocycles. The van der Waals surface area contributed by atoms with Gasteiger partial charge in [-0.3, -0.25) is 4.79 Å². The first kappa shape index (κ1) is 10.2. The first-order valence-corrected chi connectivity index (χ1v) is 5.30. The Balaban J connectivity index is 2.06. The standard InChI is InChI=1S/C12H15NO2/c14-12(15)8-9-3-5-10(6-4-9)11-2-1-7-13-11/h3-6,11,13H,1-2,7-8H2,(H,14,15)/t11-/m0/s1. The molecule has 0 spiro atoms. The lowest BCUT2D eigenvalue weighted by molar-refractivity contribution is -0.136. The summed E-state index contributed by atoms with van der Waals surface area (Å²) in [5.41, 5.74) is 2.13. The van der Waals surface area contributed by atoms with Gasteiger partial charge in [0.1, 0.15) is 0 Å². The van der Waals surface area contributed by atoms with Crippen molar-refractivity contribution in [3.05, 3.63) is 35.4 Å². The summed E-state index contributed by atoms with van der Waals surface area (Å²) in [6, 6.07) is 8.33. The molecular formula is C12H15NO2. The van der Waals surface area contributed by atoms with Crippen LogP contribution in [0.5, 0.6) is 0 Å². The van der Waals surface area contributed by atoms with Crippen LogP contribution >= 0.6 is 0 Å². The summed E-state index contributed by atoms with van der Waals surface area (Å²) in [6.45, 7) is 1.08. The van der Waals surface area contributed by atoms with Crippen molar-refractivity contribution < 1.29 is 9.90 Å². The minimum Gasteiger partial charge on any atom is -0.481 e. The Kier molecular flexibility index (Phi) is 3.02. The summed E-state index contributed by atoms with van der Waals surface area (Å²) in [4.78, 5) is 10.5. The molecule has 0 aliphatic carbocycles. The number of hydrogen-bond donors (Lipinski definition) is 2. The van der Waals surface area contributed by atoms with Gasteiger partial charge in [-0.1, -0.05) is 24.3 Å². The Morgan fingerprint density at radius 2 is 2.13 bits per heavy atom. The van der Waals surface area contributed by atoms with E-state index in [-0.39, 0.29) is 6.42 Å². The number of carboxylic acid groups (broad SMARTS) is 1. The van der Waals surface area contributed by atoms with E-state index in [0.717, 1.165) is 12.1 Å². The van der Waals surface area contributed by atoms with Crippen molar-refractivity contribution in [2.75, 3.05) is 6.54 Å². The quantitative estimate of drug-likeness (QED) is 0.790. The van der Waals surface area contributed by atoms with Gasteiger partial charge >= 0.3 is 5.97 Å². The molecule has 2 N–H and O–H groups in total. The van der Waals surface area contributed by atoms with Gasteiger partial charge in [0.15, 0.2) is 0 Å². The lowest BCUT2D eigenvalue weighted by Gasteiger charge is -2.10. The Labute approximate surface area is 89.1 Å². The fraction of sp³-hybridized carbons (Fsp3) is 0.417. The third kappa shape index (κ3) is 2.57. The lowest BCUT2D eigenvalue weighted by Crippen LogP contribution is -2.12. The Morgan fingerprint density at radius 3 is 2.67 bits per heavy atom. The molecule has 3 heteroatoms. The molecule has 1 atom stereocenters. The van der Waals surface area contributed by atoms with Crippen molar-refractivity contribution >= 4 is 5.97 Å². The lowest BCUT2D eigenvalue weighted by atomic mass is 10.0. The first-order chi connectivity index (χ1) is 7.25. The summed E-state index contributed by atoms with van der Waals surface area (Å²) < 4.78 is 0. The molecule has 0 radical (unpaired) electrons. The van der Waals surface area contributed by atoms with E-state index in [1.807, 2.05) is 24.3 Å². The number of rotatable bonds is 3. The molecule has 1 aromatic carbocycles. The van der Waals surface area contributed by atoms with E-state index in [0.29, 0.717) is 6.04 Å². The van der Waals surface area contributed by atoms with Crippen LogP contribution in [-0.4, -0.2) is 17.6 Å². The number of carbonyl (C=O) groups is 1. The molecule has 0 saturated carbocycles. The number of nitrogens with one attached hydrogen (secondary N) is 1. The Hall–Kier alpha value is -1.35. The fourth-order valence-corrected chi connectivity index (χ4v) is 2.01. The van der Waals surface area contributed by atoms with E-state index in [2.05, 4.69) is 5.32 Å². The van der Waals surface area contributed by atoms with Gasteiger partial charge in [0, 0.05) is 6.04 Å². The molecule has 0 bridgehead atoms. The molecule has 0 aromatic heterocycles. The summed E-state index contributed by atoms with van der Waals surface area (Å²) >= 11 is 0. The van der Waals surface area contributed by atoms with E-state index in [4.69, 9.17) is 5.11 Å². The molecular weight excluding hydrogens is 190 g/mol. The van der Waals surface area contributed by atoms with Crippen LogP contribution in [0.3, 0.4) is 0 Å². The van der Waals surface area contributed by atoms with Gasteiger partial charge in [-0.25, -0.2) is 0 Å². The average molecular weight is 205 g/mol. The van der Waals surface area contributed by atoms with Crippen LogP contribution < -0.4 is 5.32 Å². The smallest absolute Gasteiger partial charge is 0.307 e. The van der Waals surface area contributed by atoms with E-state index in [1.165, 1.54) is 18.4 Å². The molecule has 3 nitrogen and oxygen atoms in total. The van der Waals surface area contributed by atoms with Crippen LogP contribution in [0.4, 0.5) is 0 Å². The number of benzene rings is 1. The molecule has 1 saturated heterocycles. The Morgan fingerprint density at radius 1 is 1.40 bits per heavy atom. The maximum atomic E-state index is 10.5. The molecule has 1 fully saturated rings. The van der Waals surface area contributed by atoms with Crippen LogP contribution in [0.15, 0.2) is 24.3 Å². The highest BCUT2D eigenvalue weighted by Gasteiger charge is 2.15. The molecule has 0 amide bonds. The minimum atomic E-state index is -0.776. The van der Waals surface area contributed by atoms with Crippen LogP contribution in [-0.2, 0) is 11.2 Å². The predicted octanol–water partition coefficient (Wildman–Crippen LogP) is 1.74. The van der Waals surface area contributed by atoms with Gasteiger partial charge < -0.3 is 10.4 Å². The van der Waals surface area contributed by atoms with Crippen LogP contribution in [0.1, 0.15) is 30.0 Å². The first-order valence-electron chi connectivity index (χ1n) is 5.30. The SMILES string of the molecule is O=C(O)Cc1ccc([C@@H]2CCCN2)cc1. The van der Waals surface area contributed by atoms with Gasteiger partial charge in [-0.05, 0) is 30.5 Å². The predicted molar refractivity (Wildman–Crippen MR) is 57.8 cm³/mol. The van der Waals surface area contributed by atoms with E-state index >= 15 is 0 Å². The second-order valence-corrected chi connectivity index (χ2v) is 3.96. The van der Waals surface area contributed by atoms with Gasteiger partial charge in [0.2, 0.25) is 0 Å². The second kappa shape index (κ2) is 4.45. The van der Waals surface area contributed by atoms with Crippen molar-refractivity contribution in [2.24, 2.45) is 0 Å². The van der Waals surface area contributed by atoms with Gasteiger partial charge in [-0.15, -0.1) is 0 Å². The Bertz CT molecular complexity index is 339. The number of hydrogen-bond acceptors (Lipinski definition) is 2. The van der Waals surface area contributed by atoms with E-state index in [9.17, 15) is 4.79 Å². The minimum absolute atomic E-state index is 0.109. The van der Waals surface area contributed by atoms with Gasteiger partial charge in [-0.2, -0.15) is 0 Å². The van der Waals surface area contributed by atoms with Crippen LogP contribution in [0.25, 0.3) is 0 Å². The number of carboxylic acids is 1. The summed E-state index contributed by atoms with van der Waals surface area (Å²) in [5.74, 6) is -0.776. The summed E-state index contributed by atoms with van der Waals surface area (Å²) in [5, 5.41) is 12.1. The zero-order valence-electron chi connectivity index (χ0n) is 8.57. The summed E-state index contributed by atoms with van der Waals surface area (Å²) in [6.07, 6.45) is 2.51. The van der Waals surface area contributed by atoms with E-state index in [1.54, 1.807) is 0 Å². The topological polar surface area (TPSA) is 49.3 Å². The van der Waals surface area contributed by atoms with Crippen molar-refractivity contribution in [2.45, 2.75) is 25.3 Å².